The standard InChI is InChI=1S/C27H35IN2O8S2Si/c1-18(38-41(5,6)27(2,3)4)25-22(14-20(28)17-40(35,36)24-8-7-13-39-24)29(26(25)32)15-23(31)37-16-19-9-11-21(12-10-19)30(33)34/h7-13,17-18,22,25H,14-16H2,1-6H3/t18-,22-,25+/m1/s1. The minimum Gasteiger partial charge on any atom is -0.459 e. The SMILES string of the molecule is C[C@@H](O[Si](C)(C)C(C)(C)C)[C@@H]1C(=O)N(CC(=O)OCc2ccc([N+](=O)[O-])cc2)[C@@H]1CC(I)=CS(=O)(=O)c1cccs1. The Morgan fingerprint density at radius 2 is 1.88 bits per heavy atom. The summed E-state index contributed by atoms with van der Waals surface area (Å²) in [5, 5.41) is 13.7. The fourth-order valence-electron chi connectivity index (χ4n) is 4.25. The molecule has 14 heteroatoms. The van der Waals surface area contributed by atoms with Crippen LogP contribution in [0.4, 0.5) is 5.69 Å². The summed E-state index contributed by atoms with van der Waals surface area (Å²) in [7, 11) is -5.86. The Balaban J connectivity index is 1.76. The lowest BCUT2D eigenvalue weighted by atomic mass is 9.81. The number of benzene rings is 1. The van der Waals surface area contributed by atoms with E-state index in [9.17, 15) is 28.1 Å². The Hall–Kier alpha value is -2.14. The second kappa shape index (κ2) is 13.0. The molecule has 0 saturated carbocycles. The van der Waals surface area contributed by atoms with Crippen molar-refractivity contribution < 1.29 is 32.1 Å². The summed E-state index contributed by atoms with van der Waals surface area (Å²) in [5.41, 5.74) is 0.499. The van der Waals surface area contributed by atoms with Crippen LogP contribution in [0.1, 0.15) is 39.7 Å². The third-order valence-corrected chi connectivity index (χ3v) is 16.2. The number of halogens is 1. The molecule has 3 atom stereocenters. The van der Waals surface area contributed by atoms with Crippen molar-refractivity contribution in [2.45, 2.75) is 75.2 Å². The third kappa shape index (κ3) is 8.24. The van der Waals surface area contributed by atoms with Gasteiger partial charge in [0.15, 0.2) is 8.32 Å². The van der Waals surface area contributed by atoms with Gasteiger partial charge in [0.05, 0.1) is 23.0 Å². The van der Waals surface area contributed by atoms with Crippen molar-refractivity contribution in [3.63, 3.8) is 0 Å². The van der Waals surface area contributed by atoms with E-state index in [0.717, 1.165) is 11.3 Å². The summed E-state index contributed by atoms with van der Waals surface area (Å²) >= 11 is 3.10. The van der Waals surface area contributed by atoms with Crippen LogP contribution in [0.5, 0.6) is 0 Å². The molecule has 1 aromatic heterocycles. The summed E-state index contributed by atoms with van der Waals surface area (Å²) in [6.45, 7) is 12.0. The number of nitrogens with zero attached hydrogens (tertiary/aromatic N) is 2. The highest BCUT2D eigenvalue weighted by Crippen LogP contribution is 2.42. The predicted molar refractivity (Wildman–Crippen MR) is 168 cm³/mol. The van der Waals surface area contributed by atoms with E-state index in [1.807, 2.05) is 29.5 Å². The second-order valence-corrected chi connectivity index (χ2v) is 20.6. The summed E-state index contributed by atoms with van der Waals surface area (Å²) in [4.78, 5) is 37.9. The van der Waals surface area contributed by atoms with E-state index in [1.54, 1.807) is 17.5 Å². The van der Waals surface area contributed by atoms with E-state index < -0.39 is 47.1 Å². The lowest BCUT2D eigenvalue weighted by molar-refractivity contribution is -0.384. The zero-order valence-corrected chi connectivity index (χ0v) is 28.6. The van der Waals surface area contributed by atoms with E-state index >= 15 is 0 Å². The van der Waals surface area contributed by atoms with Crippen LogP contribution in [0.2, 0.25) is 18.1 Å². The molecule has 224 valence electrons. The lowest BCUT2D eigenvalue weighted by Crippen LogP contribution is -2.66. The Kier molecular flexibility index (Phi) is 10.6. The normalized spacial score (nSPS) is 19.0. The maximum atomic E-state index is 13.4. The van der Waals surface area contributed by atoms with Gasteiger partial charge in [0.1, 0.15) is 17.4 Å². The van der Waals surface area contributed by atoms with Crippen molar-refractivity contribution in [2.24, 2.45) is 5.92 Å². The number of ether oxygens (including phenoxy) is 1. The van der Waals surface area contributed by atoms with Crippen molar-refractivity contribution in [3.8, 4) is 0 Å². The molecular weight excluding hydrogens is 699 g/mol. The molecule has 1 aliphatic heterocycles. The summed E-state index contributed by atoms with van der Waals surface area (Å²) in [5.74, 6) is -1.43. The second-order valence-electron chi connectivity index (χ2n) is 11.5. The first kappa shape index (κ1) is 33.4. The van der Waals surface area contributed by atoms with Crippen molar-refractivity contribution in [1.82, 2.24) is 4.90 Å². The third-order valence-electron chi connectivity index (χ3n) is 7.48. The Labute approximate surface area is 259 Å². The molecule has 0 bridgehead atoms. The summed E-state index contributed by atoms with van der Waals surface area (Å²) in [6, 6.07) is 8.40. The molecule has 0 unspecified atom stereocenters. The number of β-lactam (4-membered cyclic amide) rings is 1. The van der Waals surface area contributed by atoms with Gasteiger partial charge in [-0.05, 0) is 76.8 Å². The van der Waals surface area contributed by atoms with Gasteiger partial charge in [0, 0.05) is 27.5 Å². The number of nitro benzene ring substituents is 1. The van der Waals surface area contributed by atoms with Gasteiger partial charge in [-0.2, -0.15) is 0 Å². The van der Waals surface area contributed by atoms with E-state index in [-0.39, 0.29) is 40.4 Å². The highest BCUT2D eigenvalue weighted by atomic mass is 127. The highest BCUT2D eigenvalue weighted by molar-refractivity contribution is 14.1. The Bertz CT molecular complexity index is 1400. The molecular formula is C27H35IN2O8S2Si. The van der Waals surface area contributed by atoms with E-state index in [2.05, 4.69) is 33.9 Å². The molecule has 0 aliphatic carbocycles. The van der Waals surface area contributed by atoms with Crippen molar-refractivity contribution in [1.29, 1.82) is 0 Å². The topological polar surface area (TPSA) is 133 Å². The van der Waals surface area contributed by atoms with Gasteiger partial charge in [-0.25, -0.2) is 8.42 Å². The number of hydrogen-bond acceptors (Lipinski definition) is 9. The van der Waals surface area contributed by atoms with Crippen LogP contribution in [-0.4, -0.2) is 57.1 Å². The van der Waals surface area contributed by atoms with Gasteiger partial charge in [0.2, 0.25) is 15.7 Å². The molecule has 0 N–H and O–H groups in total. The fourth-order valence-corrected chi connectivity index (χ4v) is 9.25. The molecule has 1 aromatic carbocycles. The number of hydrogen-bond donors (Lipinski definition) is 0. The minimum atomic E-state index is -3.65. The number of esters is 1. The van der Waals surface area contributed by atoms with Crippen molar-refractivity contribution >= 4 is 69.6 Å². The van der Waals surface area contributed by atoms with Gasteiger partial charge >= 0.3 is 5.97 Å². The molecule has 1 aliphatic rings. The number of sulfone groups is 1. The quantitative estimate of drug-likeness (QED) is 0.0641. The minimum absolute atomic E-state index is 0.0714. The Morgan fingerprint density at radius 1 is 1.24 bits per heavy atom. The number of non-ortho nitro benzene ring substituents is 1. The fraction of sp³-hybridized carbons (Fsp3) is 0.481. The molecule has 0 spiro atoms. The monoisotopic (exact) mass is 734 g/mol. The smallest absolute Gasteiger partial charge is 0.325 e. The molecule has 41 heavy (non-hydrogen) atoms. The van der Waals surface area contributed by atoms with Gasteiger partial charge in [-0.1, -0.05) is 26.8 Å². The van der Waals surface area contributed by atoms with Crippen molar-refractivity contribution in [2.75, 3.05) is 6.54 Å². The maximum absolute atomic E-state index is 13.4. The van der Waals surface area contributed by atoms with E-state index in [1.165, 1.54) is 34.6 Å². The summed E-state index contributed by atoms with van der Waals surface area (Å²) in [6.07, 6.45) is -0.193. The lowest BCUT2D eigenvalue weighted by Gasteiger charge is -2.51. The molecule has 1 amide bonds. The van der Waals surface area contributed by atoms with Crippen LogP contribution in [-0.2, 0) is 35.2 Å². The van der Waals surface area contributed by atoms with Crippen LogP contribution >= 0.6 is 33.9 Å². The number of likely N-dealkylation sites (tertiary alicyclic amines) is 1. The molecule has 1 fully saturated rings. The van der Waals surface area contributed by atoms with Crippen LogP contribution in [0, 0.1) is 16.0 Å². The molecule has 10 nitrogen and oxygen atoms in total. The van der Waals surface area contributed by atoms with E-state index in [0.29, 0.717) is 9.14 Å². The highest BCUT2D eigenvalue weighted by Gasteiger charge is 2.53. The van der Waals surface area contributed by atoms with Gasteiger partial charge in [-0.3, -0.25) is 19.7 Å². The van der Waals surface area contributed by atoms with Gasteiger partial charge in [-0.15, -0.1) is 11.3 Å². The first-order valence-corrected chi connectivity index (χ1v) is 19.4. The number of carbonyl (C=O) groups excluding carboxylic acids is 2. The zero-order valence-electron chi connectivity index (χ0n) is 23.8. The number of carbonyl (C=O) groups is 2. The van der Waals surface area contributed by atoms with Gasteiger partial charge in [0.25, 0.3) is 5.69 Å². The zero-order chi connectivity index (χ0) is 30.8. The van der Waals surface area contributed by atoms with Crippen LogP contribution in [0.15, 0.2) is 55.0 Å². The van der Waals surface area contributed by atoms with Crippen molar-refractivity contribution in [3.05, 3.63) is 66.4 Å². The molecule has 2 aromatic rings. The summed E-state index contributed by atoms with van der Waals surface area (Å²) < 4.78 is 38.3. The maximum Gasteiger partial charge on any atom is 0.325 e. The Morgan fingerprint density at radius 3 is 2.41 bits per heavy atom. The molecule has 1 saturated heterocycles. The van der Waals surface area contributed by atoms with E-state index in [4.69, 9.17) is 9.16 Å². The van der Waals surface area contributed by atoms with Crippen LogP contribution in [0.25, 0.3) is 0 Å². The number of rotatable bonds is 12. The average Bonchev–Trinajstić information content (AvgIpc) is 3.41. The average molecular weight is 735 g/mol. The number of thiophene rings is 1. The molecule has 0 radical (unpaired) electrons. The van der Waals surface area contributed by atoms with Crippen LogP contribution in [0.3, 0.4) is 0 Å². The largest absolute Gasteiger partial charge is 0.459 e. The number of amides is 1. The van der Waals surface area contributed by atoms with Gasteiger partial charge < -0.3 is 14.1 Å². The number of nitro groups is 1. The first-order chi connectivity index (χ1) is 18.9. The molecule has 2 heterocycles. The predicted octanol–water partition coefficient (Wildman–Crippen LogP) is 6.08. The first-order valence-electron chi connectivity index (χ1n) is 12.9. The molecule has 3 rings (SSSR count). The van der Waals surface area contributed by atoms with Crippen LogP contribution < -0.4 is 0 Å².